The molecule has 0 saturated carbocycles. The predicted octanol–water partition coefficient (Wildman–Crippen LogP) is 11.5. The SMILES string of the molecule is CCCCC/C=C/C/C=C/CCCCCCCCCC(=O)O[C@@H](CO)COC(=O)CCCCCCCCCCCCCCC. The first-order valence-corrected chi connectivity index (χ1v) is 18.9. The molecule has 0 aliphatic carbocycles. The second-order valence-electron chi connectivity index (χ2n) is 12.7. The van der Waals surface area contributed by atoms with Crippen LogP contribution >= 0.6 is 0 Å². The molecule has 0 aromatic carbocycles. The number of carbonyl (C=O) groups excluding carboxylic acids is 2. The van der Waals surface area contributed by atoms with Crippen LogP contribution in [0, 0.1) is 0 Å². The summed E-state index contributed by atoms with van der Waals surface area (Å²) in [6.45, 7) is 4.11. The second-order valence-corrected chi connectivity index (χ2v) is 12.7. The summed E-state index contributed by atoms with van der Waals surface area (Å²) >= 11 is 0. The highest BCUT2D eigenvalue weighted by Crippen LogP contribution is 2.14. The summed E-state index contributed by atoms with van der Waals surface area (Å²) in [6, 6.07) is 0. The van der Waals surface area contributed by atoms with Gasteiger partial charge in [-0.1, -0.05) is 160 Å². The molecule has 0 heterocycles. The summed E-state index contributed by atoms with van der Waals surface area (Å²) in [5.41, 5.74) is 0. The van der Waals surface area contributed by atoms with Crippen LogP contribution in [0.4, 0.5) is 0 Å². The van der Waals surface area contributed by atoms with Gasteiger partial charge in [0, 0.05) is 12.8 Å². The molecule has 0 unspecified atom stereocenters. The number of aliphatic hydroxyl groups is 1. The Morgan fingerprint density at radius 2 is 0.909 bits per heavy atom. The van der Waals surface area contributed by atoms with Gasteiger partial charge in [0.2, 0.25) is 0 Å². The Morgan fingerprint density at radius 3 is 1.39 bits per heavy atom. The van der Waals surface area contributed by atoms with Gasteiger partial charge in [0.25, 0.3) is 0 Å². The van der Waals surface area contributed by atoms with E-state index >= 15 is 0 Å². The van der Waals surface area contributed by atoms with Gasteiger partial charge >= 0.3 is 11.9 Å². The second kappa shape index (κ2) is 35.9. The highest BCUT2D eigenvalue weighted by molar-refractivity contribution is 5.70. The topological polar surface area (TPSA) is 72.8 Å². The number of rotatable bonds is 34. The van der Waals surface area contributed by atoms with Crippen molar-refractivity contribution in [2.24, 2.45) is 0 Å². The van der Waals surface area contributed by atoms with Crippen molar-refractivity contribution in [1.82, 2.24) is 0 Å². The van der Waals surface area contributed by atoms with E-state index in [1.54, 1.807) is 0 Å². The van der Waals surface area contributed by atoms with Gasteiger partial charge in [-0.15, -0.1) is 0 Å². The molecule has 5 heteroatoms. The van der Waals surface area contributed by atoms with E-state index in [-0.39, 0.29) is 25.2 Å². The van der Waals surface area contributed by atoms with Gasteiger partial charge in [-0.05, 0) is 44.9 Å². The van der Waals surface area contributed by atoms with Crippen molar-refractivity contribution in [1.29, 1.82) is 0 Å². The highest BCUT2D eigenvalue weighted by atomic mass is 16.6. The van der Waals surface area contributed by atoms with Crippen molar-refractivity contribution in [2.45, 2.75) is 200 Å². The van der Waals surface area contributed by atoms with Gasteiger partial charge in [-0.25, -0.2) is 0 Å². The van der Waals surface area contributed by atoms with Gasteiger partial charge in [0.1, 0.15) is 6.61 Å². The fraction of sp³-hybridized carbons (Fsp3) is 0.846. The van der Waals surface area contributed by atoms with Crippen molar-refractivity contribution in [3.63, 3.8) is 0 Å². The molecule has 0 saturated heterocycles. The van der Waals surface area contributed by atoms with E-state index in [0.717, 1.165) is 51.4 Å². The van der Waals surface area contributed by atoms with Crippen LogP contribution in [0.3, 0.4) is 0 Å². The van der Waals surface area contributed by atoms with E-state index in [4.69, 9.17) is 9.47 Å². The number of ether oxygens (including phenoxy) is 2. The quantitative estimate of drug-likeness (QED) is 0.0440. The molecule has 0 aromatic heterocycles. The zero-order valence-electron chi connectivity index (χ0n) is 29.2. The van der Waals surface area contributed by atoms with E-state index in [1.807, 2.05) is 0 Å². The Kier molecular flexibility index (Phi) is 34.5. The lowest BCUT2D eigenvalue weighted by molar-refractivity contribution is -0.161. The van der Waals surface area contributed by atoms with Crippen molar-refractivity contribution < 1.29 is 24.2 Å². The summed E-state index contributed by atoms with van der Waals surface area (Å²) in [4.78, 5) is 24.2. The Hall–Kier alpha value is -1.62. The Balaban J connectivity index is 3.56. The van der Waals surface area contributed by atoms with E-state index < -0.39 is 6.10 Å². The van der Waals surface area contributed by atoms with Crippen LogP contribution in [-0.2, 0) is 19.1 Å². The zero-order chi connectivity index (χ0) is 32.2. The summed E-state index contributed by atoms with van der Waals surface area (Å²) < 4.78 is 10.6. The first-order chi connectivity index (χ1) is 21.6. The summed E-state index contributed by atoms with van der Waals surface area (Å²) in [7, 11) is 0. The fourth-order valence-corrected chi connectivity index (χ4v) is 5.35. The molecule has 0 aliphatic heterocycles. The first kappa shape index (κ1) is 42.4. The third kappa shape index (κ3) is 33.3. The number of carbonyl (C=O) groups is 2. The minimum Gasteiger partial charge on any atom is -0.462 e. The average molecular weight is 621 g/mol. The van der Waals surface area contributed by atoms with Crippen LogP contribution in [0.25, 0.3) is 0 Å². The standard InChI is InChI=1S/C39H72O5/c1-3-5-7-9-11-13-15-17-18-19-20-22-24-26-28-30-32-34-39(42)44-37(35-40)36-43-38(41)33-31-29-27-25-23-21-16-14-12-10-8-6-4-2/h11,13,17-18,37,40H,3-10,12,14-16,19-36H2,1-2H3/b13-11+,18-17+/t37-/m0/s1. The molecular weight excluding hydrogens is 548 g/mol. The number of esters is 2. The van der Waals surface area contributed by atoms with Gasteiger partial charge in [-0.2, -0.15) is 0 Å². The molecule has 0 fully saturated rings. The predicted molar refractivity (Wildman–Crippen MR) is 187 cm³/mol. The maximum atomic E-state index is 12.1. The van der Waals surface area contributed by atoms with Crippen LogP contribution in [0.15, 0.2) is 24.3 Å². The van der Waals surface area contributed by atoms with E-state index in [9.17, 15) is 14.7 Å². The Morgan fingerprint density at radius 1 is 0.523 bits per heavy atom. The molecule has 1 atom stereocenters. The number of hydrogen-bond acceptors (Lipinski definition) is 5. The Labute approximate surface area is 273 Å². The molecule has 0 aromatic rings. The minimum atomic E-state index is -0.769. The molecule has 258 valence electrons. The summed E-state index contributed by atoms with van der Waals surface area (Å²) in [5, 5.41) is 9.53. The lowest BCUT2D eigenvalue weighted by Crippen LogP contribution is -2.28. The smallest absolute Gasteiger partial charge is 0.306 e. The third-order valence-corrected chi connectivity index (χ3v) is 8.25. The largest absolute Gasteiger partial charge is 0.462 e. The van der Waals surface area contributed by atoms with Crippen LogP contribution in [0.2, 0.25) is 0 Å². The van der Waals surface area contributed by atoms with Crippen molar-refractivity contribution >= 4 is 11.9 Å². The number of allylic oxidation sites excluding steroid dienone is 4. The van der Waals surface area contributed by atoms with Gasteiger partial charge in [-0.3, -0.25) is 9.59 Å². The van der Waals surface area contributed by atoms with Gasteiger partial charge in [0.05, 0.1) is 6.61 Å². The van der Waals surface area contributed by atoms with E-state index in [1.165, 1.54) is 116 Å². The lowest BCUT2D eigenvalue weighted by Gasteiger charge is -2.15. The van der Waals surface area contributed by atoms with Crippen LogP contribution in [0.1, 0.15) is 194 Å². The van der Waals surface area contributed by atoms with Gasteiger partial charge in [0.15, 0.2) is 6.10 Å². The molecule has 0 bridgehead atoms. The van der Waals surface area contributed by atoms with Crippen LogP contribution in [0.5, 0.6) is 0 Å². The number of unbranched alkanes of at least 4 members (excludes halogenated alkanes) is 22. The van der Waals surface area contributed by atoms with Crippen molar-refractivity contribution in [3.05, 3.63) is 24.3 Å². The molecule has 0 radical (unpaired) electrons. The van der Waals surface area contributed by atoms with Gasteiger partial charge < -0.3 is 14.6 Å². The lowest BCUT2D eigenvalue weighted by atomic mass is 10.0. The van der Waals surface area contributed by atoms with E-state index in [0.29, 0.717) is 12.8 Å². The van der Waals surface area contributed by atoms with Crippen molar-refractivity contribution in [2.75, 3.05) is 13.2 Å². The minimum absolute atomic E-state index is 0.0650. The molecule has 44 heavy (non-hydrogen) atoms. The maximum absolute atomic E-state index is 12.1. The number of hydrogen-bond donors (Lipinski definition) is 1. The molecule has 0 aliphatic rings. The molecule has 5 nitrogen and oxygen atoms in total. The zero-order valence-corrected chi connectivity index (χ0v) is 29.2. The molecular formula is C39H72O5. The van der Waals surface area contributed by atoms with Crippen molar-refractivity contribution in [3.8, 4) is 0 Å². The first-order valence-electron chi connectivity index (χ1n) is 18.9. The highest BCUT2D eigenvalue weighted by Gasteiger charge is 2.16. The third-order valence-electron chi connectivity index (χ3n) is 8.25. The van der Waals surface area contributed by atoms with E-state index in [2.05, 4.69) is 38.2 Å². The molecule has 0 amide bonds. The summed E-state index contributed by atoms with van der Waals surface area (Å²) in [5.74, 6) is -0.594. The van der Waals surface area contributed by atoms with Crippen LogP contribution in [-0.4, -0.2) is 36.4 Å². The van der Waals surface area contributed by atoms with Crippen LogP contribution < -0.4 is 0 Å². The average Bonchev–Trinajstić information content (AvgIpc) is 3.02. The molecule has 0 spiro atoms. The normalized spacial score (nSPS) is 12.3. The fourth-order valence-electron chi connectivity index (χ4n) is 5.35. The maximum Gasteiger partial charge on any atom is 0.306 e. The summed E-state index contributed by atoms with van der Waals surface area (Å²) in [6.07, 6.45) is 40.9. The number of aliphatic hydroxyl groups excluding tert-OH is 1. The monoisotopic (exact) mass is 621 g/mol. The Bertz CT molecular complexity index is 671. The molecule has 1 N–H and O–H groups in total. The molecule has 0 rings (SSSR count).